The summed E-state index contributed by atoms with van der Waals surface area (Å²) in [6, 6.07) is 2.74. The van der Waals surface area contributed by atoms with E-state index in [-0.39, 0.29) is 22.0 Å². The summed E-state index contributed by atoms with van der Waals surface area (Å²) in [5, 5.41) is 11.2. The molecule has 18 heavy (non-hydrogen) atoms. The fourth-order valence-electron chi connectivity index (χ4n) is 1.84. The highest BCUT2D eigenvalue weighted by atomic mass is 16.6. The highest BCUT2D eigenvalue weighted by Crippen LogP contribution is 2.31. The summed E-state index contributed by atoms with van der Waals surface area (Å²) >= 11 is 0. The highest BCUT2D eigenvalue weighted by Gasteiger charge is 2.22. The molecular weight excluding hydrogens is 234 g/mol. The number of benzene rings is 1. The van der Waals surface area contributed by atoms with E-state index in [0.717, 1.165) is 0 Å². The van der Waals surface area contributed by atoms with Crippen molar-refractivity contribution in [1.29, 1.82) is 0 Å². The number of fused-ring (bicyclic) bond motifs is 1. The Kier molecular flexibility index (Phi) is 2.65. The number of nitrogens with one attached hydrogen (secondary N) is 1. The topological polar surface area (TPSA) is 88.9 Å². The first-order valence-corrected chi connectivity index (χ1v) is 5.47. The summed E-state index contributed by atoms with van der Waals surface area (Å²) in [7, 11) is 0. The minimum Gasteiger partial charge on any atom is -0.313 e. The first-order chi connectivity index (χ1) is 8.30. The van der Waals surface area contributed by atoms with Gasteiger partial charge in [-0.2, -0.15) is 0 Å². The molecular formula is C12H13N3O3. The Morgan fingerprint density at radius 2 is 2.00 bits per heavy atom. The molecule has 0 saturated heterocycles. The van der Waals surface area contributed by atoms with Crippen molar-refractivity contribution in [2.24, 2.45) is 0 Å². The molecule has 1 aromatic heterocycles. The molecule has 0 bridgehead atoms. The third kappa shape index (κ3) is 1.97. The largest absolute Gasteiger partial charge is 0.313 e. The molecule has 0 aliphatic rings. The molecule has 0 fully saturated rings. The number of nitrogens with zero attached hydrogens (tertiary/aromatic N) is 2. The summed E-state index contributed by atoms with van der Waals surface area (Å²) in [5.41, 5.74) is 0.417. The number of aromatic nitrogens is 2. The van der Waals surface area contributed by atoms with E-state index >= 15 is 0 Å². The van der Waals surface area contributed by atoms with Gasteiger partial charge >= 0.3 is 0 Å². The molecule has 0 spiro atoms. The monoisotopic (exact) mass is 247 g/mol. The minimum absolute atomic E-state index is 0.0917. The molecule has 0 aliphatic carbocycles. The van der Waals surface area contributed by atoms with Crippen molar-refractivity contribution in [2.75, 3.05) is 0 Å². The molecule has 6 nitrogen and oxygen atoms in total. The number of non-ortho nitro benzene ring substituents is 1. The number of nitro benzene ring substituents is 1. The molecule has 1 aromatic carbocycles. The van der Waals surface area contributed by atoms with Crippen molar-refractivity contribution in [2.45, 2.75) is 26.2 Å². The summed E-state index contributed by atoms with van der Waals surface area (Å²) in [4.78, 5) is 28.7. The van der Waals surface area contributed by atoms with Gasteiger partial charge in [0.05, 0.1) is 22.2 Å². The van der Waals surface area contributed by atoms with Gasteiger partial charge < -0.3 is 4.98 Å². The van der Waals surface area contributed by atoms with Gasteiger partial charge in [-0.05, 0) is 11.0 Å². The van der Waals surface area contributed by atoms with E-state index in [0.29, 0.717) is 11.1 Å². The molecule has 94 valence electrons. The Labute approximate surface area is 103 Å². The zero-order valence-corrected chi connectivity index (χ0v) is 10.4. The van der Waals surface area contributed by atoms with Crippen LogP contribution in [0, 0.1) is 10.1 Å². The number of nitro groups is 1. The number of hydrogen-bond donors (Lipinski definition) is 1. The Morgan fingerprint density at radius 3 is 2.56 bits per heavy atom. The Balaban J connectivity index is 2.95. The maximum atomic E-state index is 11.7. The highest BCUT2D eigenvalue weighted by molar-refractivity contribution is 5.84. The van der Waals surface area contributed by atoms with Crippen molar-refractivity contribution >= 4 is 16.6 Å². The smallest absolute Gasteiger partial charge is 0.270 e. The fourth-order valence-corrected chi connectivity index (χ4v) is 1.84. The van der Waals surface area contributed by atoms with Crippen LogP contribution in [-0.2, 0) is 5.41 Å². The molecule has 0 atom stereocenters. The molecule has 2 aromatic rings. The van der Waals surface area contributed by atoms with Crippen LogP contribution in [-0.4, -0.2) is 14.9 Å². The second kappa shape index (κ2) is 3.90. The van der Waals surface area contributed by atoms with Gasteiger partial charge in [-0.25, -0.2) is 4.98 Å². The van der Waals surface area contributed by atoms with Crippen LogP contribution in [0.15, 0.2) is 23.3 Å². The van der Waals surface area contributed by atoms with Crippen LogP contribution >= 0.6 is 0 Å². The fraction of sp³-hybridized carbons (Fsp3) is 0.333. The first-order valence-electron chi connectivity index (χ1n) is 5.47. The van der Waals surface area contributed by atoms with Crippen molar-refractivity contribution in [3.8, 4) is 0 Å². The van der Waals surface area contributed by atoms with Crippen molar-refractivity contribution in [3.63, 3.8) is 0 Å². The lowest BCUT2D eigenvalue weighted by atomic mass is 9.85. The SMILES string of the molecule is CC(C)(C)c1cc([N+](=O)[O-])cc2c(=O)[nH]cnc12. The van der Waals surface area contributed by atoms with E-state index in [9.17, 15) is 14.9 Å². The van der Waals surface area contributed by atoms with E-state index in [2.05, 4.69) is 9.97 Å². The molecule has 1 N–H and O–H groups in total. The molecule has 1 heterocycles. The number of rotatable bonds is 1. The van der Waals surface area contributed by atoms with E-state index in [1.54, 1.807) is 0 Å². The van der Waals surface area contributed by atoms with Crippen molar-refractivity contribution in [1.82, 2.24) is 9.97 Å². The second-order valence-corrected chi connectivity index (χ2v) is 5.13. The molecule has 0 saturated carbocycles. The number of hydrogen-bond acceptors (Lipinski definition) is 4. The maximum Gasteiger partial charge on any atom is 0.270 e. The molecule has 0 aliphatic heterocycles. The predicted molar refractivity (Wildman–Crippen MR) is 67.7 cm³/mol. The van der Waals surface area contributed by atoms with Crippen LogP contribution in [0.5, 0.6) is 0 Å². The predicted octanol–water partition coefficient (Wildman–Crippen LogP) is 2.13. The summed E-state index contributed by atoms with van der Waals surface area (Å²) in [6.07, 6.45) is 1.31. The van der Waals surface area contributed by atoms with Gasteiger partial charge in [0.15, 0.2) is 0 Å². The van der Waals surface area contributed by atoms with Crippen LogP contribution < -0.4 is 5.56 Å². The van der Waals surface area contributed by atoms with Gasteiger partial charge in [0, 0.05) is 12.1 Å². The van der Waals surface area contributed by atoms with Crippen molar-refractivity contribution < 1.29 is 4.92 Å². The molecule has 6 heteroatoms. The number of H-pyrrole nitrogens is 1. The van der Waals surface area contributed by atoms with E-state index in [4.69, 9.17) is 0 Å². The van der Waals surface area contributed by atoms with Crippen LogP contribution in [0.2, 0.25) is 0 Å². The van der Waals surface area contributed by atoms with Crippen LogP contribution in [0.1, 0.15) is 26.3 Å². The standard InChI is InChI=1S/C12H13N3O3/c1-12(2,3)9-5-7(15(17)18)4-8-10(9)13-6-14-11(8)16/h4-6H,1-3H3,(H,13,14,16). The molecule has 0 amide bonds. The first kappa shape index (κ1) is 12.2. The van der Waals surface area contributed by atoms with E-state index < -0.39 is 4.92 Å². The third-order valence-corrected chi connectivity index (χ3v) is 2.75. The normalized spacial score (nSPS) is 11.7. The van der Waals surface area contributed by atoms with Gasteiger partial charge in [-0.3, -0.25) is 14.9 Å². The Hall–Kier alpha value is -2.24. The van der Waals surface area contributed by atoms with E-state index in [1.165, 1.54) is 18.5 Å². The maximum absolute atomic E-state index is 11.7. The zero-order valence-electron chi connectivity index (χ0n) is 10.4. The molecule has 0 radical (unpaired) electrons. The van der Waals surface area contributed by atoms with Crippen LogP contribution in [0.4, 0.5) is 5.69 Å². The lowest BCUT2D eigenvalue weighted by molar-refractivity contribution is -0.384. The summed E-state index contributed by atoms with van der Waals surface area (Å²) < 4.78 is 0. The van der Waals surface area contributed by atoms with Crippen LogP contribution in [0.3, 0.4) is 0 Å². The second-order valence-electron chi connectivity index (χ2n) is 5.13. The van der Waals surface area contributed by atoms with Gasteiger partial charge in [-0.1, -0.05) is 20.8 Å². The van der Waals surface area contributed by atoms with Crippen LogP contribution in [0.25, 0.3) is 10.9 Å². The van der Waals surface area contributed by atoms with Crippen molar-refractivity contribution in [3.05, 3.63) is 44.5 Å². The lowest BCUT2D eigenvalue weighted by Crippen LogP contribution is -2.16. The quantitative estimate of drug-likeness (QED) is 0.617. The molecule has 0 unspecified atom stereocenters. The summed E-state index contributed by atoms with van der Waals surface area (Å²) in [5.74, 6) is 0. The Bertz CT molecular complexity index is 683. The lowest BCUT2D eigenvalue weighted by Gasteiger charge is -2.20. The summed E-state index contributed by atoms with van der Waals surface area (Å²) in [6.45, 7) is 5.77. The Morgan fingerprint density at radius 1 is 1.33 bits per heavy atom. The average molecular weight is 247 g/mol. The number of aromatic amines is 1. The van der Waals surface area contributed by atoms with Gasteiger partial charge in [0.1, 0.15) is 0 Å². The van der Waals surface area contributed by atoms with Gasteiger partial charge in [-0.15, -0.1) is 0 Å². The van der Waals surface area contributed by atoms with Gasteiger partial charge in [0.2, 0.25) is 0 Å². The van der Waals surface area contributed by atoms with E-state index in [1.807, 2.05) is 20.8 Å². The third-order valence-electron chi connectivity index (χ3n) is 2.75. The average Bonchev–Trinajstić information content (AvgIpc) is 2.27. The van der Waals surface area contributed by atoms with Gasteiger partial charge in [0.25, 0.3) is 11.2 Å². The zero-order chi connectivity index (χ0) is 13.5. The minimum atomic E-state index is -0.499. The molecule has 2 rings (SSSR count).